The van der Waals surface area contributed by atoms with E-state index < -0.39 is 0 Å². The molecule has 3 atom stereocenters. The molecule has 1 heterocycles. The van der Waals surface area contributed by atoms with Crippen molar-refractivity contribution in [2.24, 2.45) is 11.8 Å². The van der Waals surface area contributed by atoms with Crippen molar-refractivity contribution >= 4 is 40.7 Å². The summed E-state index contributed by atoms with van der Waals surface area (Å²) in [6, 6.07) is 13.7. The number of amides is 2. The SMILES string of the molecule is N#Cc1ccc(C2C3C(=O)N(c4cc(Cl)cc(Cl)c4)C(=O)[C@H]32)cc1. The van der Waals surface area contributed by atoms with Crippen LogP contribution in [-0.2, 0) is 9.59 Å². The molecule has 0 aromatic heterocycles. The second-order valence-corrected chi connectivity index (χ2v) is 6.82. The van der Waals surface area contributed by atoms with Gasteiger partial charge in [-0.2, -0.15) is 5.26 Å². The molecule has 1 aliphatic carbocycles. The molecule has 1 saturated carbocycles. The van der Waals surface area contributed by atoms with E-state index in [9.17, 15) is 9.59 Å². The van der Waals surface area contributed by atoms with Gasteiger partial charge in [0.25, 0.3) is 0 Å². The fourth-order valence-electron chi connectivity index (χ4n) is 3.45. The lowest BCUT2D eigenvalue weighted by molar-refractivity contribution is -0.123. The Morgan fingerprint density at radius 3 is 1.92 bits per heavy atom. The zero-order chi connectivity index (χ0) is 17.0. The summed E-state index contributed by atoms with van der Waals surface area (Å²) >= 11 is 11.9. The van der Waals surface area contributed by atoms with Crippen LogP contribution in [0.15, 0.2) is 42.5 Å². The number of anilines is 1. The van der Waals surface area contributed by atoms with Crippen LogP contribution in [0.5, 0.6) is 0 Å². The van der Waals surface area contributed by atoms with Gasteiger partial charge in [-0.3, -0.25) is 9.59 Å². The van der Waals surface area contributed by atoms with Crippen molar-refractivity contribution in [3.63, 3.8) is 0 Å². The molecule has 0 bridgehead atoms. The van der Waals surface area contributed by atoms with E-state index in [0.717, 1.165) is 5.56 Å². The van der Waals surface area contributed by atoms with Crippen molar-refractivity contribution in [1.29, 1.82) is 5.26 Å². The molecule has 2 aromatic rings. The topological polar surface area (TPSA) is 61.2 Å². The maximum Gasteiger partial charge on any atom is 0.238 e. The summed E-state index contributed by atoms with van der Waals surface area (Å²) < 4.78 is 0. The van der Waals surface area contributed by atoms with E-state index in [4.69, 9.17) is 28.5 Å². The molecule has 2 fully saturated rings. The first-order valence-corrected chi connectivity index (χ1v) is 8.11. The Balaban J connectivity index is 1.62. The minimum Gasteiger partial charge on any atom is -0.274 e. The molecular weight excluding hydrogens is 347 g/mol. The molecule has 118 valence electrons. The Kier molecular flexibility index (Phi) is 3.38. The monoisotopic (exact) mass is 356 g/mol. The zero-order valence-electron chi connectivity index (χ0n) is 12.2. The Morgan fingerprint density at radius 2 is 1.42 bits per heavy atom. The summed E-state index contributed by atoms with van der Waals surface area (Å²) in [5.41, 5.74) is 1.88. The van der Waals surface area contributed by atoms with Crippen molar-refractivity contribution in [1.82, 2.24) is 0 Å². The first kappa shape index (κ1) is 15.2. The van der Waals surface area contributed by atoms with Crippen molar-refractivity contribution in [2.45, 2.75) is 5.92 Å². The van der Waals surface area contributed by atoms with E-state index in [1.165, 1.54) is 4.90 Å². The fraction of sp³-hybridized carbons (Fsp3) is 0.167. The number of hydrogen-bond donors (Lipinski definition) is 0. The lowest BCUT2D eigenvalue weighted by Crippen LogP contribution is -2.34. The van der Waals surface area contributed by atoms with Crippen LogP contribution in [0, 0.1) is 23.2 Å². The van der Waals surface area contributed by atoms with Crippen molar-refractivity contribution in [2.75, 3.05) is 4.90 Å². The highest BCUT2D eigenvalue weighted by atomic mass is 35.5. The van der Waals surface area contributed by atoms with Gasteiger partial charge in [-0.25, -0.2) is 4.90 Å². The van der Waals surface area contributed by atoms with Gasteiger partial charge >= 0.3 is 0 Å². The molecule has 2 unspecified atom stereocenters. The molecule has 1 aliphatic heterocycles. The van der Waals surface area contributed by atoms with Gasteiger partial charge in [-0.1, -0.05) is 35.3 Å². The Morgan fingerprint density at radius 1 is 0.875 bits per heavy atom. The number of halogens is 2. The molecule has 2 aliphatic rings. The quantitative estimate of drug-likeness (QED) is 0.769. The van der Waals surface area contributed by atoms with Gasteiger partial charge in [-0.05, 0) is 35.9 Å². The smallest absolute Gasteiger partial charge is 0.238 e. The van der Waals surface area contributed by atoms with E-state index in [2.05, 4.69) is 6.07 Å². The number of rotatable bonds is 2. The van der Waals surface area contributed by atoms with Crippen LogP contribution in [-0.4, -0.2) is 11.8 Å². The van der Waals surface area contributed by atoms with E-state index in [1.54, 1.807) is 30.3 Å². The number of nitriles is 1. The third-order valence-electron chi connectivity index (χ3n) is 4.56. The highest BCUT2D eigenvalue weighted by molar-refractivity contribution is 6.36. The summed E-state index contributed by atoms with van der Waals surface area (Å²) in [6.07, 6.45) is 0. The molecule has 0 radical (unpaired) electrons. The van der Waals surface area contributed by atoms with Crippen molar-refractivity contribution in [3.8, 4) is 6.07 Å². The first-order chi connectivity index (χ1) is 11.5. The predicted molar refractivity (Wildman–Crippen MR) is 89.8 cm³/mol. The van der Waals surface area contributed by atoms with Gasteiger partial charge in [0.05, 0.1) is 29.2 Å². The number of carbonyl (C=O) groups is 2. The van der Waals surface area contributed by atoms with Gasteiger partial charge in [0, 0.05) is 16.0 Å². The zero-order valence-corrected chi connectivity index (χ0v) is 13.8. The summed E-state index contributed by atoms with van der Waals surface area (Å²) in [6.45, 7) is 0. The number of nitrogens with zero attached hydrogens (tertiary/aromatic N) is 2. The lowest BCUT2D eigenvalue weighted by Gasteiger charge is -2.19. The summed E-state index contributed by atoms with van der Waals surface area (Å²) in [5, 5.41) is 9.60. The molecule has 4 nitrogen and oxygen atoms in total. The number of benzene rings is 2. The number of piperidine rings is 1. The molecular formula is C18H10Cl2N2O2. The number of fused-ring (bicyclic) bond motifs is 1. The summed E-state index contributed by atoms with van der Waals surface area (Å²) in [5.74, 6) is -1.24. The molecule has 0 spiro atoms. The second-order valence-electron chi connectivity index (χ2n) is 5.95. The average molecular weight is 357 g/mol. The second kappa shape index (κ2) is 5.34. The Hall–Kier alpha value is -2.35. The Bertz CT molecular complexity index is 875. The molecule has 0 N–H and O–H groups in total. The van der Waals surface area contributed by atoms with Crippen LogP contribution < -0.4 is 4.90 Å². The summed E-state index contributed by atoms with van der Waals surface area (Å²) in [4.78, 5) is 26.5. The lowest BCUT2D eigenvalue weighted by atomic mass is 10.0. The number of carbonyl (C=O) groups excluding carboxylic acids is 2. The molecule has 4 rings (SSSR count). The normalized spacial score (nSPS) is 24.7. The van der Waals surface area contributed by atoms with Crippen LogP contribution in [0.25, 0.3) is 0 Å². The minimum atomic E-state index is -0.344. The molecule has 2 amide bonds. The van der Waals surface area contributed by atoms with Gasteiger partial charge in [0.15, 0.2) is 0 Å². The van der Waals surface area contributed by atoms with Crippen LogP contribution in [0.4, 0.5) is 5.69 Å². The maximum absolute atomic E-state index is 12.7. The number of hydrogen-bond acceptors (Lipinski definition) is 3. The molecule has 1 saturated heterocycles. The average Bonchev–Trinajstić information content (AvgIpc) is 3.23. The Labute approximate surface area is 148 Å². The van der Waals surface area contributed by atoms with Crippen LogP contribution >= 0.6 is 23.2 Å². The standard InChI is InChI=1S/C18H10Cl2N2O2/c19-11-5-12(20)7-13(6-11)22-17(23)15-14(16(15)18(22)24)10-3-1-9(8-21)2-4-10/h1-7,14-16H/t14?,15-,16?/m0/s1. The third-order valence-corrected chi connectivity index (χ3v) is 5.00. The van der Waals surface area contributed by atoms with Crippen LogP contribution in [0.3, 0.4) is 0 Å². The van der Waals surface area contributed by atoms with Crippen molar-refractivity contribution in [3.05, 3.63) is 63.6 Å². The summed E-state index contributed by atoms with van der Waals surface area (Å²) in [7, 11) is 0. The third kappa shape index (κ3) is 2.21. The van der Waals surface area contributed by atoms with Gasteiger partial charge < -0.3 is 0 Å². The van der Waals surface area contributed by atoms with E-state index in [1.807, 2.05) is 12.1 Å². The van der Waals surface area contributed by atoms with E-state index in [0.29, 0.717) is 21.3 Å². The predicted octanol–water partition coefficient (Wildman–Crippen LogP) is 3.77. The molecule has 2 aromatic carbocycles. The van der Waals surface area contributed by atoms with Crippen LogP contribution in [0.1, 0.15) is 17.0 Å². The molecule has 6 heteroatoms. The molecule has 24 heavy (non-hydrogen) atoms. The van der Waals surface area contributed by atoms with E-state index >= 15 is 0 Å². The number of imide groups is 1. The first-order valence-electron chi connectivity index (χ1n) is 7.35. The van der Waals surface area contributed by atoms with Gasteiger partial charge in [0.2, 0.25) is 11.8 Å². The van der Waals surface area contributed by atoms with Gasteiger partial charge in [-0.15, -0.1) is 0 Å². The van der Waals surface area contributed by atoms with Crippen molar-refractivity contribution < 1.29 is 9.59 Å². The van der Waals surface area contributed by atoms with E-state index in [-0.39, 0.29) is 29.6 Å². The van der Waals surface area contributed by atoms with Gasteiger partial charge in [0.1, 0.15) is 0 Å². The highest BCUT2D eigenvalue weighted by Gasteiger charge is 2.67. The van der Waals surface area contributed by atoms with Crippen LogP contribution in [0.2, 0.25) is 10.0 Å². The minimum absolute atomic E-state index is 0.108. The maximum atomic E-state index is 12.7. The highest BCUT2D eigenvalue weighted by Crippen LogP contribution is 2.60. The largest absolute Gasteiger partial charge is 0.274 e. The fourth-order valence-corrected chi connectivity index (χ4v) is 3.96.